The third-order valence-electron chi connectivity index (χ3n) is 6.02. The van der Waals surface area contributed by atoms with E-state index in [-0.39, 0.29) is 20.4 Å². The number of hydrogen-bond donors (Lipinski definition) is 0. The van der Waals surface area contributed by atoms with Gasteiger partial charge in [0.25, 0.3) is 0 Å². The summed E-state index contributed by atoms with van der Waals surface area (Å²) in [6.45, 7) is 4.53. The van der Waals surface area contributed by atoms with Crippen LogP contribution in [0.25, 0.3) is 0 Å². The molecule has 0 bridgehead atoms. The number of allylic oxidation sites excluding steroid dienone is 4. The molecule has 0 spiro atoms. The number of aliphatic imine (C=N–C) groups is 2. The second kappa shape index (κ2) is 22.1. The molecule has 0 unspecified atom stereocenters. The molecule has 0 aliphatic rings. The maximum Gasteiger partial charge on any atom is 0.0890 e. The zero-order chi connectivity index (χ0) is 24.8. The van der Waals surface area contributed by atoms with Crippen molar-refractivity contribution in [3.63, 3.8) is 0 Å². The van der Waals surface area contributed by atoms with Gasteiger partial charge in [-0.15, -0.1) is 0 Å². The van der Waals surface area contributed by atoms with Crippen LogP contribution >= 0.6 is 0 Å². The number of nitrogens with zero attached hydrogens (tertiary/aromatic N) is 2. The Morgan fingerprint density at radius 2 is 0.889 bits per heavy atom. The maximum atomic E-state index is 5.00. The van der Waals surface area contributed by atoms with Crippen LogP contribution in [0.1, 0.15) is 97.3 Å². The van der Waals surface area contributed by atoms with Gasteiger partial charge in [0.05, 0.1) is 22.8 Å². The summed E-state index contributed by atoms with van der Waals surface area (Å²) in [7, 11) is 0. The Hall–Kier alpha value is -2.08. The third-order valence-corrected chi connectivity index (χ3v) is 6.02. The van der Waals surface area contributed by atoms with E-state index in [1.54, 1.807) is 0 Å². The first-order valence-corrected chi connectivity index (χ1v) is 13.9. The van der Waals surface area contributed by atoms with E-state index in [0.717, 1.165) is 35.6 Å². The first-order valence-electron chi connectivity index (χ1n) is 13.9. The monoisotopic (exact) mass is 576 g/mol. The van der Waals surface area contributed by atoms with E-state index >= 15 is 0 Å². The molecule has 0 heterocycles. The Labute approximate surface area is 234 Å². The van der Waals surface area contributed by atoms with Crippen LogP contribution in [0.2, 0.25) is 0 Å². The largest absolute Gasteiger partial charge is 0.247 e. The molecule has 0 aliphatic carbocycles. The molecule has 198 valence electrons. The average molecular weight is 577 g/mol. The summed E-state index contributed by atoms with van der Waals surface area (Å²) in [5, 5.41) is 0. The minimum absolute atomic E-state index is 0. The zero-order valence-corrected chi connectivity index (χ0v) is 24.0. The summed E-state index contributed by atoms with van der Waals surface area (Å²) in [6.07, 6.45) is 25.4. The fourth-order valence-electron chi connectivity index (χ4n) is 3.94. The van der Waals surface area contributed by atoms with Crippen LogP contribution in [0.4, 0.5) is 11.4 Å². The maximum absolute atomic E-state index is 5.00. The van der Waals surface area contributed by atoms with Crippen molar-refractivity contribution in [2.24, 2.45) is 9.98 Å². The quantitative estimate of drug-likeness (QED) is 0.0957. The molecular weight excluding hydrogens is 531 g/mol. The van der Waals surface area contributed by atoms with E-state index in [9.17, 15) is 0 Å². The summed E-state index contributed by atoms with van der Waals surface area (Å²) >= 11 is 0. The van der Waals surface area contributed by atoms with Gasteiger partial charge < -0.3 is 0 Å². The minimum atomic E-state index is 0. The van der Waals surface area contributed by atoms with Gasteiger partial charge in [-0.1, -0.05) is 120 Å². The van der Waals surface area contributed by atoms with Crippen molar-refractivity contribution >= 4 is 22.8 Å². The molecule has 0 saturated heterocycles. The molecule has 2 nitrogen and oxygen atoms in total. The van der Waals surface area contributed by atoms with E-state index in [1.807, 2.05) is 36.4 Å². The fourth-order valence-corrected chi connectivity index (χ4v) is 3.94. The van der Waals surface area contributed by atoms with Crippen LogP contribution in [0.3, 0.4) is 0 Å². The first-order chi connectivity index (χ1) is 17.3. The Morgan fingerprint density at radius 3 is 1.28 bits per heavy atom. The number of para-hydroxylation sites is 2. The zero-order valence-electron chi connectivity index (χ0n) is 22.5. The molecule has 2 aromatic carbocycles. The van der Waals surface area contributed by atoms with Crippen molar-refractivity contribution < 1.29 is 20.4 Å². The van der Waals surface area contributed by atoms with Gasteiger partial charge in [0.2, 0.25) is 0 Å². The van der Waals surface area contributed by atoms with E-state index in [0.29, 0.717) is 0 Å². The van der Waals surface area contributed by atoms with Gasteiger partial charge >= 0.3 is 0 Å². The molecular formula is C33H46N2Pd. The van der Waals surface area contributed by atoms with Gasteiger partial charge in [-0.25, -0.2) is 9.98 Å². The molecule has 0 amide bonds. The molecule has 0 fully saturated rings. The van der Waals surface area contributed by atoms with Crippen molar-refractivity contribution in [2.75, 3.05) is 0 Å². The van der Waals surface area contributed by atoms with E-state index < -0.39 is 0 Å². The standard InChI is InChI=1S/C33H46N2.Pd/c1-3-5-7-9-11-13-15-23-29-33(35-31-26-20-17-21-27-31)32(34-30-24-18-16-19-25-30)28-22-14-12-10-8-6-4-2;/h16-29H,3-15H2,1-2H3;. The van der Waals surface area contributed by atoms with Gasteiger partial charge in [0.1, 0.15) is 0 Å². The minimum Gasteiger partial charge on any atom is -0.247 e. The topological polar surface area (TPSA) is 24.7 Å². The van der Waals surface area contributed by atoms with E-state index in [1.165, 1.54) is 70.6 Å². The van der Waals surface area contributed by atoms with Crippen LogP contribution in [0, 0.1) is 0 Å². The molecule has 0 radical (unpaired) electrons. The van der Waals surface area contributed by atoms with Crippen LogP contribution in [-0.2, 0) is 20.4 Å². The first kappa shape index (κ1) is 32.0. The second-order valence-corrected chi connectivity index (χ2v) is 9.23. The van der Waals surface area contributed by atoms with Gasteiger partial charge in [0.15, 0.2) is 0 Å². The van der Waals surface area contributed by atoms with Gasteiger partial charge in [-0.3, -0.25) is 0 Å². The van der Waals surface area contributed by atoms with E-state index in [4.69, 9.17) is 9.98 Å². The number of rotatable bonds is 18. The predicted molar refractivity (Wildman–Crippen MR) is 157 cm³/mol. The molecule has 0 N–H and O–H groups in total. The fraction of sp³-hybridized carbons (Fsp3) is 0.455. The Morgan fingerprint density at radius 1 is 0.528 bits per heavy atom. The third kappa shape index (κ3) is 15.1. The summed E-state index contributed by atoms with van der Waals surface area (Å²) in [5.74, 6) is 0. The van der Waals surface area contributed by atoms with Crippen molar-refractivity contribution in [1.29, 1.82) is 0 Å². The van der Waals surface area contributed by atoms with Crippen LogP contribution in [-0.4, -0.2) is 11.4 Å². The van der Waals surface area contributed by atoms with Gasteiger partial charge in [-0.2, -0.15) is 0 Å². The van der Waals surface area contributed by atoms with Gasteiger partial charge in [-0.05, 0) is 62.1 Å². The Kier molecular flexibility index (Phi) is 19.7. The average Bonchev–Trinajstić information content (AvgIpc) is 2.89. The van der Waals surface area contributed by atoms with Crippen LogP contribution < -0.4 is 0 Å². The normalized spacial score (nSPS) is 12.4. The Bertz CT molecular complexity index is 898. The van der Waals surface area contributed by atoms with Crippen molar-refractivity contribution in [3.8, 4) is 0 Å². The van der Waals surface area contributed by atoms with Crippen molar-refractivity contribution in [3.05, 3.63) is 85.0 Å². The van der Waals surface area contributed by atoms with Crippen LogP contribution in [0.5, 0.6) is 0 Å². The summed E-state index contributed by atoms with van der Waals surface area (Å²) < 4.78 is 0. The number of unbranched alkanes of at least 4 members (excludes halogenated alkanes) is 11. The number of benzene rings is 2. The molecule has 2 rings (SSSR count). The summed E-state index contributed by atoms with van der Waals surface area (Å²) in [4.78, 5) is 10.00. The Balaban J connectivity index is 0.00000648. The molecule has 0 atom stereocenters. The smallest absolute Gasteiger partial charge is 0.0890 e. The molecule has 0 aliphatic heterocycles. The number of hydrogen-bond acceptors (Lipinski definition) is 2. The molecule has 0 saturated carbocycles. The van der Waals surface area contributed by atoms with Gasteiger partial charge in [0, 0.05) is 20.4 Å². The second-order valence-electron chi connectivity index (χ2n) is 9.23. The van der Waals surface area contributed by atoms with Crippen LogP contribution in [0.15, 0.2) is 95.0 Å². The van der Waals surface area contributed by atoms with E-state index in [2.05, 4.69) is 62.4 Å². The summed E-state index contributed by atoms with van der Waals surface area (Å²) in [5.41, 5.74) is 3.77. The predicted octanol–water partition coefficient (Wildman–Crippen LogP) is 10.8. The molecule has 36 heavy (non-hydrogen) atoms. The van der Waals surface area contributed by atoms with Crippen molar-refractivity contribution in [2.45, 2.75) is 97.3 Å². The van der Waals surface area contributed by atoms with Crippen molar-refractivity contribution in [1.82, 2.24) is 0 Å². The molecule has 2 aromatic rings. The summed E-state index contributed by atoms with van der Waals surface area (Å²) in [6, 6.07) is 20.4. The molecule has 3 heteroatoms. The molecule has 0 aromatic heterocycles. The SMILES string of the molecule is CCCCCCCC=CC(=Nc1ccccc1)C(C=CCCCCCCCC)=Nc1ccccc1.[Pd].